The lowest BCUT2D eigenvalue weighted by Crippen LogP contribution is -2.58. The molecule has 1 unspecified atom stereocenters. The van der Waals surface area contributed by atoms with Crippen LogP contribution in [0.15, 0.2) is 24.3 Å². The second-order valence-corrected chi connectivity index (χ2v) is 7.86. The summed E-state index contributed by atoms with van der Waals surface area (Å²) in [5.74, 6) is 0. The first kappa shape index (κ1) is 15.7. The van der Waals surface area contributed by atoms with Gasteiger partial charge < -0.3 is 4.90 Å². The van der Waals surface area contributed by atoms with Gasteiger partial charge in [-0.15, -0.1) is 0 Å². The molecule has 1 N–H and O–H groups in total. The van der Waals surface area contributed by atoms with Crippen LogP contribution in [0.5, 0.6) is 0 Å². The minimum absolute atomic E-state index is 0.0241. The molecule has 7 heteroatoms. The van der Waals surface area contributed by atoms with Gasteiger partial charge in [0.15, 0.2) is 0 Å². The average molecular weight is 327 g/mol. The van der Waals surface area contributed by atoms with E-state index in [1.165, 1.54) is 9.87 Å². The molecular weight excluding hydrogens is 305 g/mol. The lowest BCUT2D eigenvalue weighted by Gasteiger charge is -2.38. The maximum atomic E-state index is 12.9. The second-order valence-electron chi connectivity index (χ2n) is 6.16. The van der Waals surface area contributed by atoms with Crippen LogP contribution in [0.1, 0.15) is 18.4 Å². The van der Waals surface area contributed by atoms with Crippen molar-refractivity contribution in [3.8, 4) is 0 Å². The topological polar surface area (TPSA) is 52.7 Å². The highest BCUT2D eigenvalue weighted by atomic mass is 32.2. The Morgan fingerprint density at radius 3 is 2.50 bits per heavy atom. The van der Waals surface area contributed by atoms with Gasteiger partial charge in [0.1, 0.15) is 6.17 Å². The minimum atomic E-state index is -3.55. The normalized spacial score (nSPS) is 24.3. The lowest BCUT2D eigenvalue weighted by atomic mass is 10.1. The molecule has 1 aromatic rings. The summed E-state index contributed by atoms with van der Waals surface area (Å²) >= 11 is 0. The van der Waals surface area contributed by atoms with Gasteiger partial charge in [-0.1, -0.05) is 17.7 Å². The number of piperidine rings is 1. The highest BCUT2D eigenvalue weighted by Gasteiger charge is 2.37. The third kappa shape index (κ3) is 3.42. The molecular formula is C15H22FN3O2S. The van der Waals surface area contributed by atoms with E-state index in [1.807, 2.05) is 6.92 Å². The maximum absolute atomic E-state index is 12.9. The molecule has 0 aliphatic carbocycles. The molecule has 122 valence electrons. The monoisotopic (exact) mass is 327 g/mol. The summed E-state index contributed by atoms with van der Waals surface area (Å²) in [5.41, 5.74) is 2.32. The second kappa shape index (κ2) is 6.14. The molecule has 0 saturated carbocycles. The van der Waals surface area contributed by atoms with Gasteiger partial charge in [0.2, 0.25) is 0 Å². The van der Waals surface area contributed by atoms with Crippen molar-refractivity contribution >= 4 is 15.9 Å². The first-order chi connectivity index (χ1) is 10.4. The first-order valence-corrected chi connectivity index (χ1v) is 9.11. The van der Waals surface area contributed by atoms with Crippen LogP contribution in [-0.4, -0.2) is 51.1 Å². The number of hydrogen-bond donors (Lipinski definition) is 1. The molecule has 1 atom stereocenters. The zero-order valence-corrected chi connectivity index (χ0v) is 13.5. The van der Waals surface area contributed by atoms with Gasteiger partial charge in [0, 0.05) is 37.9 Å². The van der Waals surface area contributed by atoms with E-state index in [-0.39, 0.29) is 19.1 Å². The van der Waals surface area contributed by atoms with Crippen LogP contribution in [0.3, 0.4) is 0 Å². The van der Waals surface area contributed by atoms with Crippen molar-refractivity contribution in [2.24, 2.45) is 0 Å². The van der Waals surface area contributed by atoms with Crippen LogP contribution >= 0.6 is 0 Å². The fraction of sp³-hybridized carbons (Fsp3) is 0.600. The molecule has 3 rings (SSSR count). The highest BCUT2D eigenvalue weighted by Crippen LogP contribution is 2.22. The van der Waals surface area contributed by atoms with E-state index in [4.69, 9.17) is 0 Å². The van der Waals surface area contributed by atoms with Crippen molar-refractivity contribution in [1.82, 2.24) is 9.03 Å². The standard InChI is InChI=1S/C15H22FN3O2S/c1-12-4-6-15(7-5-12)18-8-2-3-14(11-18)17-22(20,21)19-9-13(16)10-19/h4-7,13-14,17H,2-3,8-11H2,1H3. The molecule has 1 aromatic carbocycles. The van der Waals surface area contributed by atoms with E-state index < -0.39 is 16.4 Å². The van der Waals surface area contributed by atoms with Crippen LogP contribution in [0.4, 0.5) is 10.1 Å². The molecule has 5 nitrogen and oxygen atoms in total. The number of nitrogens with zero attached hydrogens (tertiary/aromatic N) is 2. The predicted molar refractivity (Wildman–Crippen MR) is 84.9 cm³/mol. The number of benzene rings is 1. The highest BCUT2D eigenvalue weighted by molar-refractivity contribution is 7.87. The molecule has 2 aliphatic rings. The number of anilines is 1. The van der Waals surface area contributed by atoms with Crippen LogP contribution in [0.2, 0.25) is 0 Å². The number of halogens is 1. The average Bonchev–Trinajstić information content (AvgIpc) is 2.44. The van der Waals surface area contributed by atoms with Gasteiger partial charge in [0.25, 0.3) is 10.2 Å². The third-order valence-corrected chi connectivity index (χ3v) is 5.89. The molecule has 0 amide bonds. The Labute approximate surface area is 131 Å². The van der Waals surface area contributed by atoms with E-state index >= 15 is 0 Å². The summed E-state index contributed by atoms with van der Waals surface area (Å²) in [6.45, 7) is 3.57. The molecule has 2 fully saturated rings. The van der Waals surface area contributed by atoms with Crippen LogP contribution in [0.25, 0.3) is 0 Å². The molecule has 0 spiro atoms. The zero-order valence-electron chi connectivity index (χ0n) is 12.7. The maximum Gasteiger partial charge on any atom is 0.279 e. The SMILES string of the molecule is Cc1ccc(N2CCCC(NS(=O)(=O)N3CC(F)C3)C2)cc1. The Balaban J connectivity index is 1.62. The summed E-state index contributed by atoms with van der Waals surface area (Å²) in [6.07, 6.45) is 0.730. The summed E-state index contributed by atoms with van der Waals surface area (Å²) in [7, 11) is -3.55. The molecule has 0 aromatic heterocycles. The van der Waals surface area contributed by atoms with Crippen LogP contribution in [0, 0.1) is 6.92 Å². The summed E-state index contributed by atoms with van der Waals surface area (Å²) in [6, 6.07) is 8.12. The van der Waals surface area contributed by atoms with E-state index in [0.717, 1.165) is 25.1 Å². The largest absolute Gasteiger partial charge is 0.370 e. The number of hydrogen-bond acceptors (Lipinski definition) is 3. The quantitative estimate of drug-likeness (QED) is 0.911. The first-order valence-electron chi connectivity index (χ1n) is 7.67. The van der Waals surface area contributed by atoms with Crippen molar-refractivity contribution in [1.29, 1.82) is 0 Å². The van der Waals surface area contributed by atoms with Gasteiger partial charge in [-0.3, -0.25) is 0 Å². The van der Waals surface area contributed by atoms with Crippen molar-refractivity contribution in [3.63, 3.8) is 0 Å². The van der Waals surface area contributed by atoms with Crippen molar-refractivity contribution in [3.05, 3.63) is 29.8 Å². The van der Waals surface area contributed by atoms with E-state index in [9.17, 15) is 12.8 Å². The minimum Gasteiger partial charge on any atom is -0.370 e. The van der Waals surface area contributed by atoms with E-state index in [2.05, 4.69) is 33.9 Å². The van der Waals surface area contributed by atoms with Crippen molar-refractivity contribution in [2.45, 2.75) is 32.0 Å². The third-order valence-electron chi connectivity index (χ3n) is 4.28. The predicted octanol–water partition coefficient (Wildman–Crippen LogP) is 1.45. The van der Waals surface area contributed by atoms with Gasteiger partial charge in [-0.05, 0) is 31.9 Å². The molecule has 2 heterocycles. The number of nitrogens with one attached hydrogen (secondary N) is 1. The summed E-state index contributed by atoms with van der Waals surface area (Å²) in [5, 5.41) is 0. The number of rotatable bonds is 4. The van der Waals surface area contributed by atoms with E-state index in [1.54, 1.807) is 0 Å². The van der Waals surface area contributed by atoms with Gasteiger partial charge in [-0.25, -0.2) is 4.39 Å². The Kier molecular flexibility index (Phi) is 4.38. The number of alkyl halides is 1. The van der Waals surface area contributed by atoms with Gasteiger partial charge in [0.05, 0.1) is 0 Å². The fourth-order valence-corrected chi connectivity index (χ4v) is 4.41. The van der Waals surface area contributed by atoms with Crippen molar-refractivity contribution in [2.75, 3.05) is 31.1 Å². The smallest absolute Gasteiger partial charge is 0.279 e. The zero-order chi connectivity index (χ0) is 15.7. The Morgan fingerprint density at radius 2 is 1.86 bits per heavy atom. The molecule has 0 bridgehead atoms. The lowest BCUT2D eigenvalue weighted by molar-refractivity contribution is 0.139. The summed E-state index contributed by atoms with van der Waals surface area (Å²) < 4.78 is 41.0. The van der Waals surface area contributed by atoms with Gasteiger partial charge >= 0.3 is 0 Å². The Morgan fingerprint density at radius 1 is 1.18 bits per heavy atom. The molecule has 2 saturated heterocycles. The van der Waals surface area contributed by atoms with E-state index in [0.29, 0.717) is 6.54 Å². The molecule has 0 radical (unpaired) electrons. The van der Waals surface area contributed by atoms with Gasteiger partial charge in [-0.2, -0.15) is 17.4 Å². The molecule has 22 heavy (non-hydrogen) atoms. The van der Waals surface area contributed by atoms with Crippen LogP contribution in [-0.2, 0) is 10.2 Å². The fourth-order valence-electron chi connectivity index (χ4n) is 2.93. The Bertz CT molecular complexity index is 614. The summed E-state index contributed by atoms with van der Waals surface area (Å²) in [4.78, 5) is 2.20. The Hall–Kier alpha value is -1.18. The van der Waals surface area contributed by atoms with Crippen molar-refractivity contribution < 1.29 is 12.8 Å². The number of aryl methyl sites for hydroxylation is 1. The molecule has 2 aliphatic heterocycles. The van der Waals surface area contributed by atoms with Crippen LogP contribution < -0.4 is 9.62 Å².